The number of hydrogen-bond donors (Lipinski definition) is 0. The van der Waals surface area contributed by atoms with Crippen LogP contribution in [0.1, 0.15) is 19.3 Å². The summed E-state index contributed by atoms with van der Waals surface area (Å²) in [6, 6.07) is 0. The normalized spacial score (nSPS) is 26.3. The molecule has 0 spiro atoms. The largest absolute Gasteiger partial charge is 0.468 e. The second-order valence-corrected chi connectivity index (χ2v) is 4.17. The lowest BCUT2D eigenvalue weighted by molar-refractivity contribution is -0.143. The number of halogens is 1. The summed E-state index contributed by atoms with van der Waals surface area (Å²) in [5, 5.41) is 0. The number of alkyl halides is 1. The van der Waals surface area contributed by atoms with E-state index >= 15 is 0 Å². The van der Waals surface area contributed by atoms with E-state index in [2.05, 4.69) is 27.3 Å². The first-order valence-corrected chi connectivity index (χ1v) is 5.33. The second kappa shape index (κ2) is 5.01. The van der Waals surface area contributed by atoms with Gasteiger partial charge in [0.25, 0.3) is 0 Å². The minimum absolute atomic E-state index is 0.0619. The van der Waals surface area contributed by atoms with Crippen molar-refractivity contribution in [3.63, 3.8) is 0 Å². The van der Waals surface area contributed by atoms with Gasteiger partial charge in [-0.25, -0.2) is 0 Å². The molecule has 70 valence electrons. The molecule has 1 aliphatic heterocycles. The molecule has 0 radical (unpaired) electrons. The highest BCUT2D eigenvalue weighted by Gasteiger charge is 2.28. The molecule has 3 nitrogen and oxygen atoms in total. The van der Waals surface area contributed by atoms with E-state index in [1.165, 1.54) is 7.11 Å². The second-order valence-electron chi connectivity index (χ2n) is 2.83. The molecule has 1 saturated heterocycles. The van der Waals surface area contributed by atoms with Crippen LogP contribution in [0.3, 0.4) is 0 Å². The topological polar surface area (TPSA) is 35.5 Å². The Bertz CT molecular complexity index is 154. The van der Waals surface area contributed by atoms with Gasteiger partial charge in [-0.2, -0.15) is 0 Å². The van der Waals surface area contributed by atoms with Crippen LogP contribution in [0.25, 0.3) is 0 Å². The zero-order chi connectivity index (χ0) is 8.97. The Hall–Kier alpha value is 0.160. The fourth-order valence-electron chi connectivity index (χ4n) is 1.26. The van der Waals surface area contributed by atoms with Crippen LogP contribution in [0.2, 0.25) is 0 Å². The first-order valence-electron chi connectivity index (χ1n) is 4.09. The van der Waals surface area contributed by atoms with Crippen molar-refractivity contribution in [3.8, 4) is 0 Å². The quantitative estimate of drug-likeness (QED) is 0.438. The van der Waals surface area contributed by atoms with Gasteiger partial charge in [-0.3, -0.25) is 4.79 Å². The Morgan fingerprint density at radius 3 is 2.92 bits per heavy atom. The summed E-state index contributed by atoms with van der Waals surface area (Å²) in [6.45, 7) is 0.779. The van der Waals surface area contributed by atoms with Crippen molar-refractivity contribution in [1.82, 2.24) is 0 Å². The Labute approximate surface area is 85.9 Å². The van der Waals surface area contributed by atoms with Crippen molar-refractivity contribution in [1.29, 1.82) is 0 Å². The molecule has 4 heteroatoms. The molecule has 0 N–H and O–H groups in total. The van der Waals surface area contributed by atoms with E-state index in [0.717, 1.165) is 25.9 Å². The van der Waals surface area contributed by atoms with Crippen LogP contribution in [-0.4, -0.2) is 29.7 Å². The summed E-state index contributed by atoms with van der Waals surface area (Å²) >= 11 is 2.09. The summed E-state index contributed by atoms with van der Waals surface area (Å²) in [5.41, 5.74) is 0. The molecule has 0 aromatic heterocycles. The maximum Gasteiger partial charge on any atom is 0.321 e. The number of carbonyl (C=O) groups excluding carboxylic acids is 1. The van der Waals surface area contributed by atoms with Gasteiger partial charge in [0.15, 0.2) is 0 Å². The Morgan fingerprint density at radius 1 is 1.67 bits per heavy atom. The van der Waals surface area contributed by atoms with Crippen molar-refractivity contribution in [2.75, 3.05) is 13.7 Å². The molecular weight excluding hydrogens is 271 g/mol. The highest BCUT2D eigenvalue weighted by Crippen LogP contribution is 2.21. The highest BCUT2D eigenvalue weighted by atomic mass is 127. The van der Waals surface area contributed by atoms with Crippen LogP contribution in [-0.2, 0) is 14.3 Å². The first-order chi connectivity index (χ1) is 5.75. The van der Waals surface area contributed by atoms with E-state index in [1.54, 1.807) is 0 Å². The molecule has 1 rings (SSSR count). The molecule has 2 atom stereocenters. The predicted molar refractivity (Wildman–Crippen MR) is 53.4 cm³/mol. The fraction of sp³-hybridized carbons (Fsp3) is 0.875. The molecule has 1 aliphatic rings. The van der Waals surface area contributed by atoms with Crippen LogP contribution < -0.4 is 0 Å². The number of rotatable bonds is 2. The van der Waals surface area contributed by atoms with Gasteiger partial charge < -0.3 is 9.47 Å². The van der Waals surface area contributed by atoms with Gasteiger partial charge in [0.1, 0.15) is 3.92 Å². The standard InChI is InChI=1S/C8H13IO3/c1-11-8(10)7(9)6-4-2-3-5-12-6/h6-7H,2-5H2,1H3/t6-,7-/m1/s1. The Balaban J connectivity index is 2.39. The van der Waals surface area contributed by atoms with E-state index in [4.69, 9.17) is 4.74 Å². The molecule has 1 fully saturated rings. The lowest BCUT2D eigenvalue weighted by atomic mass is 10.1. The molecule has 0 aromatic carbocycles. The highest BCUT2D eigenvalue weighted by molar-refractivity contribution is 14.1. The third-order valence-electron chi connectivity index (χ3n) is 1.97. The lowest BCUT2D eigenvalue weighted by Crippen LogP contribution is -2.34. The Morgan fingerprint density at radius 2 is 2.42 bits per heavy atom. The number of ether oxygens (including phenoxy) is 2. The maximum atomic E-state index is 11.1. The zero-order valence-corrected chi connectivity index (χ0v) is 9.24. The third kappa shape index (κ3) is 2.58. The van der Waals surface area contributed by atoms with Crippen LogP contribution in [0.4, 0.5) is 0 Å². The molecule has 0 unspecified atom stereocenters. The van der Waals surface area contributed by atoms with Crippen molar-refractivity contribution in [2.45, 2.75) is 29.3 Å². The molecule has 12 heavy (non-hydrogen) atoms. The number of hydrogen-bond acceptors (Lipinski definition) is 3. The van der Waals surface area contributed by atoms with Gasteiger partial charge in [0.2, 0.25) is 0 Å². The number of methoxy groups -OCH3 is 1. The summed E-state index contributed by atoms with van der Waals surface area (Å²) < 4.78 is 9.95. The van der Waals surface area contributed by atoms with E-state index in [1.807, 2.05) is 0 Å². The van der Waals surface area contributed by atoms with Gasteiger partial charge in [-0.1, -0.05) is 22.6 Å². The van der Waals surface area contributed by atoms with Gasteiger partial charge >= 0.3 is 5.97 Å². The van der Waals surface area contributed by atoms with E-state index < -0.39 is 0 Å². The van der Waals surface area contributed by atoms with Crippen LogP contribution >= 0.6 is 22.6 Å². The smallest absolute Gasteiger partial charge is 0.321 e. The predicted octanol–water partition coefficient (Wildman–Crippen LogP) is 1.53. The monoisotopic (exact) mass is 284 g/mol. The van der Waals surface area contributed by atoms with Gasteiger partial charge in [-0.05, 0) is 19.3 Å². The zero-order valence-electron chi connectivity index (χ0n) is 7.09. The average Bonchev–Trinajstić information content (AvgIpc) is 2.17. The Kier molecular flexibility index (Phi) is 4.28. The van der Waals surface area contributed by atoms with E-state index in [-0.39, 0.29) is 16.0 Å². The number of carbonyl (C=O) groups is 1. The summed E-state index contributed by atoms with van der Waals surface area (Å²) in [4.78, 5) is 11.1. The van der Waals surface area contributed by atoms with Crippen molar-refractivity contribution < 1.29 is 14.3 Å². The first kappa shape index (κ1) is 10.2. The minimum atomic E-state index is -0.178. The third-order valence-corrected chi connectivity index (χ3v) is 3.28. The van der Waals surface area contributed by atoms with Crippen molar-refractivity contribution in [2.24, 2.45) is 0 Å². The summed E-state index contributed by atoms with van der Waals surface area (Å²) in [7, 11) is 1.41. The van der Waals surface area contributed by atoms with Crippen molar-refractivity contribution >= 4 is 28.6 Å². The summed E-state index contributed by atoms with van der Waals surface area (Å²) in [5.74, 6) is -0.178. The lowest BCUT2D eigenvalue weighted by Gasteiger charge is -2.25. The number of esters is 1. The van der Waals surface area contributed by atoms with E-state index in [0.29, 0.717) is 0 Å². The molecule has 0 amide bonds. The fourth-order valence-corrected chi connectivity index (χ4v) is 2.08. The minimum Gasteiger partial charge on any atom is -0.468 e. The molecule has 0 bridgehead atoms. The van der Waals surface area contributed by atoms with Crippen molar-refractivity contribution in [3.05, 3.63) is 0 Å². The average molecular weight is 284 g/mol. The van der Waals surface area contributed by atoms with Crippen LogP contribution in [0.15, 0.2) is 0 Å². The van der Waals surface area contributed by atoms with Gasteiger partial charge in [-0.15, -0.1) is 0 Å². The van der Waals surface area contributed by atoms with Crippen LogP contribution in [0, 0.1) is 0 Å². The molecule has 0 saturated carbocycles. The van der Waals surface area contributed by atoms with Gasteiger partial charge in [0.05, 0.1) is 13.2 Å². The molecule has 0 aromatic rings. The van der Waals surface area contributed by atoms with Gasteiger partial charge in [0, 0.05) is 6.61 Å². The summed E-state index contributed by atoms with van der Waals surface area (Å²) in [6.07, 6.45) is 3.30. The SMILES string of the molecule is COC(=O)[C@H](I)[C@H]1CCCCO1. The molecule has 1 heterocycles. The maximum absolute atomic E-state index is 11.1. The molecule has 0 aliphatic carbocycles. The van der Waals surface area contributed by atoms with E-state index in [9.17, 15) is 4.79 Å². The molecular formula is C8H13IO3. The van der Waals surface area contributed by atoms with Crippen LogP contribution in [0.5, 0.6) is 0 Å².